The first kappa shape index (κ1) is 24.0. The topological polar surface area (TPSA) is 71.4 Å². The van der Waals surface area contributed by atoms with Crippen molar-refractivity contribution in [3.8, 4) is 5.75 Å². The van der Waals surface area contributed by atoms with Gasteiger partial charge in [-0.15, -0.1) is 0 Å². The lowest BCUT2D eigenvalue weighted by Crippen LogP contribution is -2.43. The molecule has 7 heteroatoms. The largest absolute Gasteiger partial charge is 0.497 e. The van der Waals surface area contributed by atoms with Crippen LogP contribution in [-0.2, 0) is 14.3 Å². The standard InChI is InChI=1S/C27H33N3O4/c1-4-34-27(32)21-13-15-29(16-14-21)18-26(31)30-25(23-8-6-5-7-19(23)2)17-24(28-30)20-9-11-22(33-3)12-10-20/h5-12,21,25H,4,13-18H2,1-3H3/t25-/m0/s1. The van der Waals surface area contributed by atoms with Gasteiger partial charge in [-0.3, -0.25) is 14.5 Å². The Morgan fingerprint density at radius 2 is 1.76 bits per heavy atom. The number of carbonyl (C=O) groups is 2. The first-order chi connectivity index (χ1) is 16.5. The molecule has 0 aliphatic carbocycles. The molecule has 34 heavy (non-hydrogen) atoms. The van der Waals surface area contributed by atoms with Gasteiger partial charge >= 0.3 is 5.97 Å². The van der Waals surface area contributed by atoms with E-state index >= 15 is 0 Å². The van der Waals surface area contributed by atoms with E-state index in [4.69, 9.17) is 14.6 Å². The second kappa shape index (κ2) is 10.8. The molecular weight excluding hydrogens is 430 g/mol. The number of hydrazone groups is 1. The summed E-state index contributed by atoms with van der Waals surface area (Å²) >= 11 is 0. The average Bonchev–Trinajstić information content (AvgIpc) is 3.30. The predicted molar refractivity (Wildman–Crippen MR) is 131 cm³/mol. The van der Waals surface area contributed by atoms with Crippen LogP contribution in [0.3, 0.4) is 0 Å². The third-order valence-corrected chi connectivity index (χ3v) is 6.70. The van der Waals surface area contributed by atoms with Crippen LogP contribution in [0.15, 0.2) is 53.6 Å². The molecule has 0 N–H and O–H groups in total. The smallest absolute Gasteiger partial charge is 0.309 e. The molecule has 0 aromatic heterocycles. The number of nitrogens with zero attached hydrogens (tertiary/aromatic N) is 3. The first-order valence-corrected chi connectivity index (χ1v) is 12.0. The van der Waals surface area contributed by atoms with Gasteiger partial charge in [0.05, 0.1) is 37.9 Å². The summed E-state index contributed by atoms with van der Waals surface area (Å²) in [4.78, 5) is 27.6. The highest BCUT2D eigenvalue weighted by Crippen LogP contribution is 2.35. The van der Waals surface area contributed by atoms with Crippen LogP contribution < -0.4 is 4.74 Å². The molecule has 1 amide bonds. The number of carbonyl (C=O) groups excluding carboxylic acids is 2. The number of piperidine rings is 1. The van der Waals surface area contributed by atoms with Crippen molar-refractivity contribution in [1.82, 2.24) is 9.91 Å². The number of methoxy groups -OCH3 is 1. The molecule has 7 nitrogen and oxygen atoms in total. The molecule has 1 atom stereocenters. The molecule has 4 rings (SSSR count). The Bertz CT molecular complexity index is 1040. The summed E-state index contributed by atoms with van der Waals surface area (Å²) < 4.78 is 10.4. The summed E-state index contributed by atoms with van der Waals surface area (Å²) in [6.45, 7) is 6.00. The first-order valence-electron chi connectivity index (χ1n) is 12.0. The lowest BCUT2D eigenvalue weighted by atomic mass is 9.95. The number of aryl methyl sites for hydroxylation is 1. The van der Waals surface area contributed by atoms with E-state index in [1.165, 1.54) is 0 Å². The fourth-order valence-electron chi connectivity index (χ4n) is 4.75. The third kappa shape index (κ3) is 5.30. The van der Waals surface area contributed by atoms with Crippen molar-refractivity contribution in [2.45, 2.75) is 39.2 Å². The Morgan fingerprint density at radius 3 is 2.41 bits per heavy atom. The van der Waals surface area contributed by atoms with Crippen molar-refractivity contribution in [3.05, 3.63) is 65.2 Å². The number of esters is 1. The highest BCUT2D eigenvalue weighted by molar-refractivity contribution is 6.03. The summed E-state index contributed by atoms with van der Waals surface area (Å²) in [5.41, 5.74) is 4.14. The van der Waals surface area contributed by atoms with Crippen molar-refractivity contribution in [3.63, 3.8) is 0 Å². The predicted octanol–water partition coefficient (Wildman–Crippen LogP) is 3.96. The fourth-order valence-corrected chi connectivity index (χ4v) is 4.75. The molecule has 0 spiro atoms. The van der Waals surface area contributed by atoms with E-state index in [1.807, 2.05) is 43.3 Å². The van der Waals surface area contributed by atoms with Crippen LogP contribution in [0, 0.1) is 12.8 Å². The molecule has 1 saturated heterocycles. The quantitative estimate of drug-likeness (QED) is 0.582. The molecule has 2 aromatic carbocycles. The van der Waals surface area contributed by atoms with Gasteiger partial charge in [-0.05, 0) is 80.7 Å². The second-order valence-electron chi connectivity index (χ2n) is 8.89. The number of amides is 1. The zero-order valence-electron chi connectivity index (χ0n) is 20.2. The highest BCUT2D eigenvalue weighted by Gasteiger charge is 2.35. The molecule has 2 heterocycles. The zero-order valence-corrected chi connectivity index (χ0v) is 20.2. The maximum Gasteiger partial charge on any atom is 0.309 e. The van der Waals surface area contributed by atoms with E-state index in [2.05, 4.69) is 24.0 Å². The van der Waals surface area contributed by atoms with E-state index in [9.17, 15) is 9.59 Å². The number of likely N-dealkylation sites (tertiary alicyclic amines) is 1. The Morgan fingerprint density at radius 1 is 1.06 bits per heavy atom. The van der Waals surface area contributed by atoms with Crippen LogP contribution in [0.1, 0.15) is 48.9 Å². The Balaban J connectivity index is 1.50. The maximum atomic E-state index is 13.5. The van der Waals surface area contributed by atoms with Crippen molar-refractivity contribution in [2.24, 2.45) is 11.0 Å². The number of rotatable bonds is 7. The van der Waals surface area contributed by atoms with Gasteiger partial charge in [0.15, 0.2) is 0 Å². The molecule has 180 valence electrons. The van der Waals surface area contributed by atoms with Crippen LogP contribution in [-0.4, -0.2) is 60.8 Å². The van der Waals surface area contributed by atoms with Gasteiger partial charge in [0.25, 0.3) is 5.91 Å². The number of ether oxygens (including phenoxy) is 2. The molecule has 1 fully saturated rings. The van der Waals surface area contributed by atoms with Crippen LogP contribution in [0.25, 0.3) is 0 Å². The molecular formula is C27H33N3O4. The Hall–Kier alpha value is -3.19. The minimum Gasteiger partial charge on any atom is -0.497 e. The zero-order chi connectivity index (χ0) is 24.1. The SMILES string of the molecule is CCOC(=O)C1CCN(CC(=O)N2N=C(c3ccc(OC)cc3)C[C@H]2c2ccccc2C)CC1. The van der Waals surface area contributed by atoms with Gasteiger partial charge < -0.3 is 9.47 Å². The summed E-state index contributed by atoms with van der Waals surface area (Å²) in [5.74, 6) is 0.571. The van der Waals surface area contributed by atoms with Crippen LogP contribution in [0.5, 0.6) is 5.75 Å². The minimum absolute atomic E-state index is 0.0219. The maximum absolute atomic E-state index is 13.5. The molecule has 0 saturated carbocycles. The van der Waals surface area contributed by atoms with Crippen molar-refractivity contribution < 1.29 is 19.1 Å². The molecule has 0 bridgehead atoms. The summed E-state index contributed by atoms with van der Waals surface area (Å²) in [7, 11) is 1.65. The monoisotopic (exact) mass is 463 g/mol. The number of benzene rings is 2. The molecule has 2 aliphatic heterocycles. The average molecular weight is 464 g/mol. The minimum atomic E-state index is -0.136. The van der Waals surface area contributed by atoms with E-state index < -0.39 is 0 Å². The van der Waals surface area contributed by atoms with Crippen molar-refractivity contribution >= 4 is 17.6 Å². The van der Waals surface area contributed by atoms with Crippen molar-refractivity contribution in [2.75, 3.05) is 33.4 Å². The number of hydrogen-bond donors (Lipinski definition) is 0. The van der Waals surface area contributed by atoms with Gasteiger partial charge in [-0.1, -0.05) is 24.3 Å². The van der Waals surface area contributed by atoms with Crippen molar-refractivity contribution in [1.29, 1.82) is 0 Å². The normalized spacial score (nSPS) is 19.1. The lowest BCUT2D eigenvalue weighted by molar-refractivity contribution is -0.149. The van der Waals surface area contributed by atoms with Crippen LogP contribution in [0.4, 0.5) is 0 Å². The van der Waals surface area contributed by atoms with Gasteiger partial charge in [-0.2, -0.15) is 5.10 Å². The summed E-state index contributed by atoms with van der Waals surface area (Å²) in [6, 6.07) is 15.8. The Labute approximate surface area is 201 Å². The number of hydrogen-bond acceptors (Lipinski definition) is 6. The van der Waals surface area contributed by atoms with Gasteiger partial charge in [-0.25, -0.2) is 5.01 Å². The van der Waals surface area contributed by atoms with Gasteiger partial charge in [0, 0.05) is 6.42 Å². The van der Waals surface area contributed by atoms with E-state index in [1.54, 1.807) is 12.1 Å². The Kier molecular flexibility index (Phi) is 7.63. The summed E-state index contributed by atoms with van der Waals surface area (Å²) in [5, 5.41) is 6.47. The molecule has 0 radical (unpaired) electrons. The molecule has 0 unspecified atom stereocenters. The third-order valence-electron chi connectivity index (χ3n) is 6.70. The molecule has 2 aliphatic rings. The summed E-state index contributed by atoms with van der Waals surface area (Å²) in [6.07, 6.45) is 2.09. The van der Waals surface area contributed by atoms with Gasteiger partial charge in [0.1, 0.15) is 5.75 Å². The second-order valence-corrected chi connectivity index (χ2v) is 8.89. The van der Waals surface area contributed by atoms with E-state index in [0.717, 1.165) is 28.2 Å². The van der Waals surface area contributed by atoms with Crippen LogP contribution >= 0.6 is 0 Å². The highest BCUT2D eigenvalue weighted by atomic mass is 16.5. The fraction of sp³-hybridized carbons (Fsp3) is 0.444. The van der Waals surface area contributed by atoms with E-state index in [0.29, 0.717) is 39.0 Å². The van der Waals surface area contributed by atoms with Gasteiger partial charge in [0.2, 0.25) is 0 Å². The van der Waals surface area contributed by atoms with Crippen LogP contribution in [0.2, 0.25) is 0 Å². The lowest BCUT2D eigenvalue weighted by Gasteiger charge is -2.32. The molecule has 2 aromatic rings. The van der Waals surface area contributed by atoms with E-state index in [-0.39, 0.29) is 30.4 Å².